The lowest BCUT2D eigenvalue weighted by molar-refractivity contribution is 0.154. The summed E-state index contributed by atoms with van der Waals surface area (Å²) in [7, 11) is 0. The molecule has 0 amide bonds. The van der Waals surface area contributed by atoms with Gasteiger partial charge in [0.1, 0.15) is 0 Å². The molecule has 1 atom stereocenters. The quantitative estimate of drug-likeness (QED) is 0.780. The number of piperazine rings is 1. The molecular formula is C16H23N3O. The summed E-state index contributed by atoms with van der Waals surface area (Å²) in [5.74, 6) is 0. The molecule has 4 heteroatoms. The molecule has 0 bridgehead atoms. The van der Waals surface area contributed by atoms with Crippen molar-refractivity contribution in [3.05, 3.63) is 36.0 Å². The third-order valence-corrected chi connectivity index (χ3v) is 4.14. The van der Waals surface area contributed by atoms with E-state index < -0.39 is 0 Å². The lowest BCUT2D eigenvalue weighted by Crippen LogP contribution is -2.43. The molecule has 3 N–H and O–H groups in total. The van der Waals surface area contributed by atoms with Crippen LogP contribution in [0.15, 0.2) is 30.5 Å². The van der Waals surface area contributed by atoms with Gasteiger partial charge < -0.3 is 20.3 Å². The summed E-state index contributed by atoms with van der Waals surface area (Å²) < 4.78 is 0. The van der Waals surface area contributed by atoms with Gasteiger partial charge >= 0.3 is 0 Å². The molecule has 0 spiro atoms. The molecule has 1 saturated heterocycles. The van der Waals surface area contributed by atoms with E-state index in [2.05, 4.69) is 21.3 Å². The monoisotopic (exact) mass is 273 g/mol. The van der Waals surface area contributed by atoms with Crippen molar-refractivity contribution < 1.29 is 5.11 Å². The van der Waals surface area contributed by atoms with Gasteiger partial charge in [0, 0.05) is 48.8 Å². The van der Waals surface area contributed by atoms with Crippen molar-refractivity contribution in [2.75, 3.05) is 32.7 Å². The Bertz CT molecular complexity index is 545. The Balaban J connectivity index is 1.54. The maximum absolute atomic E-state index is 10.4. The Morgan fingerprint density at radius 1 is 1.20 bits per heavy atom. The Kier molecular flexibility index (Phi) is 4.35. The van der Waals surface area contributed by atoms with Crippen LogP contribution in [0.25, 0.3) is 10.9 Å². The molecule has 1 aromatic heterocycles. The first-order valence-electron chi connectivity index (χ1n) is 7.52. The minimum Gasteiger partial charge on any atom is -0.388 e. The van der Waals surface area contributed by atoms with Crippen LogP contribution in [0.3, 0.4) is 0 Å². The summed E-state index contributed by atoms with van der Waals surface area (Å²) in [6.07, 6.45) is 3.45. The number of hydrogen-bond acceptors (Lipinski definition) is 3. The summed E-state index contributed by atoms with van der Waals surface area (Å²) >= 11 is 0. The standard InChI is InChI=1S/C16H23N3O/c20-16(6-3-9-19-10-7-17-8-11-19)14-12-18-15-5-2-1-4-13(14)15/h1-2,4-5,12,16-18,20H,3,6-11H2. The Morgan fingerprint density at radius 2 is 2.00 bits per heavy atom. The van der Waals surface area contributed by atoms with Gasteiger partial charge in [-0.15, -0.1) is 0 Å². The topological polar surface area (TPSA) is 51.3 Å². The molecule has 108 valence electrons. The predicted molar refractivity (Wildman–Crippen MR) is 81.8 cm³/mol. The van der Waals surface area contributed by atoms with Gasteiger partial charge in [-0.05, 0) is 25.5 Å². The molecule has 4 nitrogen and oxygen atoms in total. The summed E-state index contributed by atoms with van der Waals surface area (Å²) in [6.45, 7) is 5.52. The number of nitrogens with one attached hydrogen (secondary N) is 2. The second-order valence-electron chi connectivity index (χ2n) is 5.54. The molecule has 0 radical (unpaired) electrons. The molecule has 20 heavy (non-hydrogen) atoms. The zero-order valence-corrected chi connectivity index (χ0v) is 11.8. The van der Waals surface area contributed by atoms with Crippen molar-refractivity contribution in [3.8, 4) is 0 Å². The maximum atomic E-state index is 10.4. The lowest BCUT2D eigenvalue weighted by Gasteiger charge is -2.27. The molecule has 1 unspecified atom stereocenters. The van der Waals surface area contributed by atoms with E-state index in [0.29, 0.717) is 0 Å². The number of nitrogens with zero attached hydrogens (tertiary/aromatic N) is 1. The van der Waals surface area contributed by atoms with Crippen LogP contribution >= 0.6 is 0 Å². The molecule has 1 aliphatic heterocycles. The van der Waals surface area contributed by atoms with Gasteiger partial charge in [-0.2, -0.15) is 0 Å². The fourth-order valence-corrected chi connectivity index (χ4v) is 2.97. The lowest BCUT2D eigenvalue weighted by atomic mass is 10.0. The van der Waals surface area contributed by atoms with E-state index in [4.69, 9.17) is 0 Å². The zero-order chi connectivity index (χ0) is 13.8. The minimum atomic E-state index is -0.367. The van der Waals surface area contributed by atoms with Crippen molar-refractivity contribution in [2.24, 2.45) is 0 Å². The third kappa shape index (κ3) is 3.03. The van der Waals surface area contributed by atoms with Gasteiger partial charge in [-0.3, -0.25) is 0 Å². The SMILES string of the molecule is OC(CCCN1CCNCC1)c1c[nH]c2ccccc12. The fourth-order valence-electron chi connectivity index (χ4n) is 2.97. The zero-order valence-electron chi connectivity index (χ0n) is 11.8. The van der Waals surface area contributed by atoms with E-state index in [0.717, 1.165) is 62.0 Å². The summed E-state index contributed by atoms with van der Waals surface area (Å²) in [4.78, 5) is 5.70. The van der Waals surface area contributed by atoms with Crippen molar-refractivity contribution in [1.29, 1.82) is 0 Å². The normalized spacial score (nSPS) is 18.4. The van der Waals surface area contributed by atoms with Gasteiger partial charge in [0.05, 0.1) is 6.10 Å². The second kappa shape index (κ2) is 6.39. The minimum absolute atomic E-state index is 0.367. The van der Waals surface area contributed by atoms with Crippen LogP contribution in [-0.4, -0.2) is 47.7 Å². The van der Waals surface area contributed by atoms with E-state index in [1.807, 2.05) is 24.4 Å². The molecule has 0 aliphatic carbocycles. The Hall–Kier alpha value is -1.36. The number of H-pyrrole nitrogens is 1. The molecule has 1 aliphatic rings. The molecule has 2 aromatic rings. The van der Waals surface area contributed by atoms with E-state index in [1.54, 1.807) is 0 Å². The number of aliphatic hydroxyl groups is 1. The number of rotatable bonds is 5. The van der Waals surface area contributed by atoms with Crippen molar-refractivity contribution >= 4 is 10.9 Å². The van der Waals surface area contributed by atoms with Crippen LogP contribution in [0.4, 0.5) is 0 Å². The Morgan fingerprint density at radius 3 is 2.85 bits per heavy atom. The molecule has 2 heterocycles. The second-order valence-corrected chi connectivity index (χ2v) is 5.54. The highest BCUT2D eigenvalue weighted by Crippen LogP contribution is 2.26. The van der Waals surface area contributed by atoms with E-state index in [9.17, 15) is 5.11 Å². The van der Waals surface area contributed by atoms with Crippen LogP contribution in [0.2, 0.25) is 0 Å². The van der Waals surface area contributed by atoms with Crippen LogP contribution in [0, 0.1) is 0 Å². The Labute approximate surface area is 119 Å². The highest BCUT2D eigenvalue weighted by molar-refractivity contribution is 5.83. The molecule has 1 aromatic carbocycles. The van der Waals surface area contributed by atoms with Gasteiger partial charge in [0.15, 0.2) is 0 Å². The first kappa shape index (κ1) is 13.6. The van der Waals surface area contributed by atoms with E-state index in [1.165, 1.54) is 0 Å². The number of para-hydroxylation sites is 1. The first-order valence-corrected chi connectivity index (χ1v) is 7.52. The number of fused-ring (bicyclic) bond motifs is 1. The average Bonchev–Trinajstić information content (AvgIpc) is 2.92. The maximum Gasteiger partial charge on any atom is 0.0811 e. The molecular weight excluding hydrogens is 250 g/mol. The van der Waals surface area contributed by atoms with Crippen LogP contribution in [0.5, 0.6) is 0 Å². The van der Waals surface area contributed by atoms with Gasteiger partial charge in [-0.25, -0.2) is 0 Å². The van der Waals surface area contributed by atoms with Crippen molar-refractivity contribution in [2.45, 2.75) is 18.9 Å². The van der Waals surface area contributed by atoms with Crippen molar-refractivity contribution in [3.63, 3.8) is 0 Å². The number of aromatic amines is 1. The van der Waals surface area contributed by atoms with Gasteiger partial charge in [0.25, 0.3) is 0 Å². The van der Waals surface area contributed by atoms with Crippen LogP contribution in [-0.2, 0) is 0 Å². The number of hydrogen-bond donors (Lipinski definition) is 3. The molecule has 0 saturated carbocycles. The smallest absolute Gasteiger partial charge is 0.0811 e. The predicted octanol–water partition coefficient (Wildman–Crippen LogP) is 1.89. The van der Waals surface area contributed by atoms with Gasteiger partial charge in [0.2, 0.25) is 0 Å². The van der Waals surface area contributed by atoms with E-state index >= 15 is 0 Å². The van der Waals surface area contributed by atoms with Crippen LogP contribution < -0.4 is 5.32 Å². The largest absolute Gasteiger partial charge is 0.388 e. The summed E-state index contributed by atoms with van der Waals surface area (Å²) in [5.41, 5.74) is 2.13. The molecule has 1 fully saturated rings. The number of aliphatic hydroxyl groups excluding tert-OH is 1. The highest BCUT2D eigenvalue weighted by Gasteiger charge is 2.14. The average molecular weight is 273 g/mol. The summed E-state index contributed by atoms with van der Waals surface area (Å²) in [6, 6.07) is 8.15. The van der Waals surface area contributed by atoms with Gasteiger partial charge in [-0.1, -0.05) is 18.2 Å². The fraction of sp³-hybridized carbons (Fsp3) is 0.500. The third-order valence-electron chi connectivity index (χ3n) is 4.14. The highest BCUT2D eigenvalue weighted by atomic mass is 16.3. The van der Waals surface area contributed by atoms with Crippen molar-refractivity contribution in [1.82, 2.24) is 15.2 Å². The summed E-state index contributed by atoms with van der Waals surface area (Å²) in [5, 5.41) is 14.9. The molecule has 3 rings (SSSR count). The van der Waals surface area contributed by atoms with E-state index in [-0.39, 0.29) is 6.10 Å². The number of aromatic nitrogens is 1. The van der Waals surface area contributed by atoms with Crippen LogP contribution in [0.1, 0.15) is 24.5 Å². The first-order chi connectivity index (χ1) is 9.84. The number of benzene rings is 1.